The van der Waals surface area contributed by atoms with Crippen LogP contribution in [0, 0.1) is 23.2 Å². The number of fused-ring (bicyclic) bond motifs is 1. The molecular formula is C21H29N9O. The van der Waals surface area contributed by atoms with Gasteiger partial charge < -0.3 is 11.1 Å². The van der Waals surface area contributed by atoms with Gasteiger partial charge in [-0.05, 0) is 32.3 Å². The van der Waals surface area contributed by atoms with Crippen molar-refractivity contribution in [2.75, 3.05) is 24.1 Å². The van der Waals surface area contributed by atoms with E-state index in [1.165, 1.54) is 4.52 Å². The van der Waals surface area contributed by atoms with E-state index in [0.29, 0.717) is 24.4 Å². The molecule has 3 heterocycles. The van der Waals surface area contributed by atoms with Crippen LogP contribution in [0.4, 0.5) is 11.6 Å². The summed E-state index contributed by atoms with van der Waals surface area (Å²) in [6, 6.07) is 4.14. The Morgan fingerprint density at radius 1 is 1.39 bits per heavy atom. The lowest BCUT2D eigenvalue weighted by molar-refractivity contribution is 0.429. The summed E-state index contributed by atoms with van der Waals surface area (Å²) >= 11 is 0. The van der Waals surface area contributed by atoms with Crippen LogP contribution in [0.3, 0.4) is 0 Å². The van der Waals surface area contributed by atoms with Gasteiger partial charge in [-0.15, -0.1) is 0 Å². The van der Waals surface area contributed by atoms with E-state index in [9.17, 15) is 10.2 Å². The molecule has 0 saturated heterocycles. The fraction of sp³-hybridized carbons (Fsp3) is 0.524. The summed E-state index contributed by atoms with van der Waals surface area (Å²) in [5.41, 5.74) is 9.74. The Morgan fingerprint density at radius 2 is 2.13 bits per heavy atom. The second-order valence-electron chi connectivity index (χ2n) is 7.47. The molecule has 1 aliphatic rings. The van der Waals surface area contributed by atoms with Crippen molar-refractivity contribution in [1.29, 1.82) is 5.26 Å². The Kier molecular flexibility index (Phi) is 6.53. The van der Waals surface area contributed by atoms with Crippen molar-refractivity contribution >= 4 is 17.3 Å². The number of nitrogens with one attached hydrogen (secondary N) is 1. The maximum Gasteiger partial charge on any atom is 0.162 e. The van der Waals surface area contributed by atoms with Gasteiger partial charge in [0.1, 0.15) is 29.8 Å². The first-order valence-electron chi connectivity index (χ1n) is 10.7. The first-order valence-corrected chi connectivity index (χ1v) is 10.7. The van der Waals surface area contributed by atoms with Crippen molar-refractivity contribution in [1.82, 2.24) is 24.4 Å². The molecule has 0 radical (unpaired) electrons. The molecule has 0 amide bonds. The van der Waals surface area contributed by atoms with Gasteiger partial charge in [0.2, 0.25) is 0 Å². The molecule has 0 aromatic carbocycles. The monoisotopic (exact) mass is 423 g/mol. The minimum atomic E-state index is -0.231. The van der Waals surface area contributed by atoms with Crippen LogP contribution in [-0.4, -0.2) is 37.5 Å². The van der Waals surface area contributed by atoms with E-state index in [4.69, 9.17) is 5.73 Å². The normalized spacial score (nSPS) is 13.9. The van der Waals surface area contributed by atoms with Gasteiger partial charge in [-0.25, -0.2) is 4.98 Å². The SMILES string of the molecule is CC.CCc1cnn2c(N)c(C#N)c(NCCc3cc(C)n(C4(CN=O)CC4)n3)nc12. The predicted molar refractivity (Wildman–Crippen MR) is 120 cm³/mol. The Balaban J connectivity index is 0.00000132. The molecule has 0 bridgehead atoms. The summed E-state index contributed by atoms with van der Waals surface area (Å²) in [4.78, 5) is 15.3. The molecule has 0 atom stereocenters. The van der Waals surface area contributed by atoms with E-state index in [-0.39, 0.29) is 23.5 Å². The van der Waals surface area contributed by atoms with E-state index < -0.39 is 0 Å². The number of hydrogen-bond donors (Lipinski definition) is 2. The van der Waals surface area contributed by atoms with Gasteiger partial charge in [0.05, 0.1) is 17.4 Å². The molecule has 4 rings (SSSR count). The van der Waals surface area contributed by atoms with Crippen LogP contribution in [-0.2, 0) is 18.4 Å². The Bertz CT molecular complexity index is 1120. The third-order valence-corrected chi connectivity index (χ3v) is 5.50. The number of rotatable bonds is 8. The number of nitrogens with two attached hydrogens (primary N) is 1. The van der Waals surface area contributed by atoms with Crippen LogP contribution < -0.4 is 11.1 Å². The van der Waals surface area contributed by atoms with Crippen molar-refractivity contribution in [3.63, 3.8) is 0 Å². The molecule has 0 aliphatic heterocycles. The van der Waals surface area contributed by atoms with Crippen molar-refractivity contribution in [2.45, 2.75) is 58.9 Å². The van der Waals surface area contributed by atoms with Gasteiger partial charge in [0, 0.05) is 24.2 Å². The van der Waals surface area contributed by atoms with E-state index in [1.54, 1.807) is 6.20 Å². The molecular weight excluding hydrogens is 394 g/mol. The topological polar surface area (TPSA) is 139 Å². The molecule has 3 N–H and O–H groups in total. The summed E-state index contributed by atoms with van der Waals surface area (Å²) in [7, 11) is 0. The fourth-order valence-corrected chi connectivity index (χ4v) is 3.70. The van der Waals surface area contributed by atoms with Gasteiger partial charge in [-0.1, -0.05) is 25.9 Å². The van der Waals surface area contributed by atoms with Crippen LogP contribution in [0.5, 0.6) is 0 Å². The molecule has 1 saturated carbocycles. The molecule has 1 aliphatic carbocycles. The molecule has 164 valence electrons. The summed E-state index contributed by atoms with van der Waals surface area (Å²) in [6.07, 6.45) is 5.00. The minimum Gasteiger partial charge on any atom is -0.382 e. The van der Waals surface area contributed by atoms with E-state index in [2.05, 4.69) is 31.7 Å². The number of nitroso groups, excluding NO2 is 1. The molecule has 10 heteroatoms. The average molecular weight is 424 g/mol. The molecule has 3 aromatic rings. The van der Waals surface area contributed by atoms with Crippen molar-refractivity contribution in [3.8, 4) is 6.07 Å². The van der Waals surface area contributed by atoms with Gasteiger partial charge in [0.25, 0.3) is 0 Å². The second-order valence-corrected chi connectivity index (χ2v) is 7.47. The number of aryl methyl sites for hydroxylation is 2. The van der Waals surface area contributed by atoms with Gasteiger partial charge in [0.15, 0.2) is 5.65 Å². The largest absolute Gasteiger partial charge is 0.382 e. The average Bonchev–Trinajstić information content (AvgIpc) is 3.26. The van der Waals surface area contributed by atoms with Gasteiger partial charge >= 0.3 is 0 Å². The zero-order valence-corrected chi connectivity index (χ0v) is 18.5. The van der Waals surface area contributed by atoms with E-state index in [1.807, 2.05) is 38.4 Å². The number of hydrogen-bond acceptors (Lipinski definition) is 8. The Morgan fingerprint density at radius 3 is 2.74 bits per heavy atom. The number of nitrogens with zero attached hydrogens (tertiary/aromatic N) is 7. The quantitative estimate of drug-likeness (QED) is 0.530. The molecule has 0 spiro atoms. The molecule has 10 nitrogen and oxygen atoms in total. The molecule has 1 fully saturated rings. The summed E-state index contributed by atoms with van der Waals surface area (Å²) < 4.78 is 3.44. The highest BCUT2D eigenvalue weighted by Gasteiger charge is 2.46. The maximum atomic E-state index is 10.7. The van der Waals surface area contributed by atoms with Crippen molar-refractivity contribution in [2.24, 2.45) is 5.18 Å². The number of anilines is 2. The Labute approximate surface area is 181 Å². The first-order chi connectivity index (χ1) is 15.0. The van der Waals surface area contributed by atoms with Crippen LogP contribution in [0.1, 0.15) is 56.1 Å². The van der Waals surface area contributed by atoms with Crippen LogP contribution in [0.25, 0.3) is 5.65 Å². The Hall–Kier alpha value is -3.48. The fourth-order valence-electron chi connectivity index (χ4n) is 3.70. The maximum absolute atomic E-state index is 10.7. The zero-order chi connectivity index (χ0) is 22.6. The predicted octanol–water partition coefficient (Wildman–Crippen LogP) is 3.19. The third-order valence-electron chi connectivity index (χ3n) is 5.50. The van der Waals surface area contributed by atoms with E-state index >= 15 is 0 Å². The van der Waals surface area contributed by atoms with Gasteiger partial charge in [-0.3, -0.25) is 4.68 Å². The third kappa shape index (κ3) is 4.08. The summed E-state index contributed by atoms with van der Waals surface area (Å²) in [6.45, 7) is 8.81. The standard InChI is InChI=1S/C19H23N9O.C2H6/c1-3-13-10-23-27-16(21)15(9-20)17(25-18(13)27)22-7-4-14-8-12(2)28(26-14)19(5-6-19)11-24-29;1-2/h8,10H,3-7,11,21H2,1-2H3,(H,22,25);1-2H3. The van der Waals surface area contributed by atoms with Crippen LogP contribution in [0.15, 0.2) is 17.4 Å². The summed E-state index contributed by atoms with van der Waals surface area (Å²) in [5.74, 6) is 0.726. The van der Waals surface area contributed by atoms with E-state index in [0.717, 1.165) is 36.2 Å². The molecule has 3 aromatic heterocycles. The highest BCUT2D eigenvalue weighted by atomic mass is 16.3. The lowest BCUT2D eigenvalue weighted by Gasteiger charge is -2.13. The number of nitriles is 1. The van der Waals surface area contributed by atoms with Crippen molar-refractivity contribution < 1.29 is 0 Å². The second kappa shape index (κ2) is 9.12. The number of aromatic nitrogens is 5. The lowest BCUT2D eigenvalue weighted by Crippen LogP contribution is -2.23. The highest BCUT2D eigenvalue weighted by molar-refractivity contribution is 5.69. The molecule has 0 unspecified atom stereocenters. The summed E-state index contributed by atoms with van der Waals surface area (Å²) in [5, 5.41) is 24.7. The first kappa shape index (κ1) is 22.2. The van der Waals surface area contributed by atoms with Gasteiger partial charge in [-0.2, -0.15) is 24.9 Å². The van der Waals surface area contributed by atoms with Crippen molar-refractivity contribution in [3.05, 3.63) is 39.7 Å². The van der Waals surface area contributed by atoms with Crippen LogP contribution in [0.2, 0.25) is 0 Å². The zero-order valence-electron chi connectivity index (χ0n) is 18.5. The lowest BCUT2D eigenvalue weighted by atomic mass is 10.2. The smallest absolute Gasteiger partial charge is 0.162 e. The number of nitrogen functional groups attached to an aromatic ring is 1. The van der Waals surface area contributed by atoms with Crippen LogP contribution >= 0.6 is 0 Å². The highest BCUT2D eigenvalue weighted by Crippen LogP contribution is 2.44. The molecule has 31 heavy (non-hydrogen) atoms. The minimum absolute atomic E-state index is 0.231.